The zero-order chi connectivity index (χ0) is 24.5. The Morgan fingerprint density at radius 2 is 1.20 bits per heavy atom. The molecule has 184 valence electrons. The monoisotopic (exact) mass is 478 g/mol. The van der Waals surface area contributed by atoms with Crippen molar-refractivity contribution in [3.05, 3.63) is 108 Å². The molecule has 1 aliphatic heterocycles. The zero-order valence-electron chi connectivity index (χ0n) is 19.6. The van der Waals surface area contributed by atoms with Gasteiger partial charge in [0.15, 0.2) is 12.4 Å². The van der Waals surface area contributed by atoms with Crippen molar-refractivity contribution in [2.24, 2.45) is 0 Å². The molecule has 0 bridgehead atoms. The Balaban J connectivity index is 1.54. The Hall–Kier alpha value is -3.07. The summed E-state index contributed by atoms with van der Waals surface area (Å²) in [4.78, 5) is 13.2. The van der Waals surface area contributed by atoms with Crippen LogP contribution in [-0.2, 0) is 48.3 Å². The van der Waals surface area contributed by atoms with E-state index in [9.17, 15) is 9.90 Å². The molecule has 4 rings (SSSR count). The van der Waals surface area contributed by atoms with Crippen molar-refractivity contribution in [3.8, 4) is 0 Å². The van der Waals surface area contributed by atoms with Crippen LogP contribution in [0.25, 0.3) is 0 Å². The van der Waals surface area contributed by atoms with Crippen LogP contribution in [0.3, 0.4) is 0 Å². The predicted octanol–water partition coefficient (Wildman–Crippen LogP) is 3.63. The van der Waals surface area contributed by atoms with Crippen molar-refractivity contribution in [1.82, 2.24) is 0 Å². The highest BCUT2D eigenvalue weighted by Crippen LogP contribution is 2.29. The fraction of sp³-hybridized carbons (Fsp3) is 0.321. The first-order valence-corrected chi connectivity index (χ1v) is 11.5. The molecule has 7 nitrogen and oxygen atoms in total. The molecule has 3 aromatic rings. The van der Waals surface area contributed by atoms with Gasteiger partial charge in [0.2, 0.25) is 0 Å². The first-order valence-electron chi connectivity index (χ1n) is 11.5. The molecule has 0 aromatic heterocycles. The Kier molecular flexibility index (Phi) is 9.00. The first kappa shape index (κ1) is 25.0. The van der Waals surface area contributed by atoms with Gasteiger partial charge < -0.3 is 28.8 Å². The maximum Gasteiger partial charge on any atom is 0.338 e. The summed E-state index contributed by atoms with van der Waals surface area (Å²) in [7, 11) is 1.40. The van der Waals surface area contributed by atoms with Gasteiger partial charge >= 0.3 is 5.97 Å². The highest BCUT2D eigenvalue weighted by atomic mass is 16.7. The Morgan fingerprint density at radius 1 is 0.743 bits per heavy atom. The van der Waals surface area contributed by atoms with E-state index in [0.29, 0.717) is 0 Å². The maximum atomic E-state index is 13.2. The van der Waals surface area contributed by atoms with Crippen LogP contribution in [-0.4, -0.2) is 48.9 Å². The van der Waals surface area contributed by atoms with Gasteiger partial charge in [-0.25, -0.2) is 4.79 Å². The van der Waals surface area contributed by atoms with Crippen molar-refractivity contribution in [2.45, 2.75) is 50.5 Å². The third-order valence-corrected chi connectivity index (χ3v) is 5.78. The lowest BCUT2D eigenvalue weighted by molar-refractivity contribution is -0.305. The number of ether oxygens (including phenoxy) is 5. The molecule has 7 heteroatoms. The molecule has 1 aliphatic rings. The number of hydrogen-bond donors (Lipinski definition) is 1. The highest BCUT2D eigenvalue weighted by molar-refractivity contribution is 5.76. The van der Waals surface area contributed by atoms with Crippen LogP contribution in [0, 0.1) is 0 Å². The quantitative estimate of drug-likeness (QED) is 0.446. The molecule has 35 heavy (non-hydrogen) atoms. The number of esters is 1. The summed E-state index contributed by atoms with van der Waals surface area (Å²) in [5.74, 6) is -0.617. The second-order valence-electron chi connectivity index (χ2n) is 8.27. The molecule has 5 atom stereocenters. The zero-order valence-corrected chi connectivity index (χ0v) is 19.6. The summed E-state index contributed by atoms with van der Waals surface area (Å²) in [6.45, 7) is 0.504. The number of hydrogen-bond acceptors (Lipinski definition) is 7. The van der Waals surface area contributed by atoms with Crippen LogP contribution < -0.4 is 0 Å². The van der Waals surface area contributed by atoms with Crippen molar-refractivity contribution in [3.63, 3.8) is 0 Å². The molecule has 0 amide bonds. The van der Waals surface area contributed by atoms with E-state index in [1.54, 1.807) is 0 Å². The van der Waals surface area contributed by atoms with Crippen LogP contribution in [0.15, 0.2) is 91.0 Å². The van der Waals surface area contributed by atoms with E-state index in [4.69, 9.17) is 23.7 Å². The summed E-state index contributed by atoms with van der Waals surface area (Å²) in [5.41, 5.74) is 2.68. The Bertz CT molecular complexity index is 1030. The van der Waals surface area contributed by atoms with Crippen molar-refractivity contribution in [1.29, 1.82) is 0 Å². The summed E-state index contributed by atoms with van der Waals surface area (Å²) < 4.78 is 29.0. The molecule has 0 aliphatic carbocycles. The summed E-state index contributed by atoms with van der Waals surface area (Å²) in [6, 6.07) is 28.5. The van der Waals surface area contributed by atoms with E-state index in [-0.39, 0.29) is 19.8 Å². The normalized spacial score (nSPS) is 24.1. The fourth-order valence-electron chi connectivity index (χ4n) is 3.93. The third kappa shape index (κ3) is 6.75. The Labute approximate surface area is 205 Å². The van der Waals surface area contributed by atoms with Gasteiger partial charge in [-0.1, -0.05) is 91.0 Å². The minimum absolute atomic E-state index is 0.0840. The standard InChI is InChI=1S/C28H30O7/c1-31-28-23(29)24(32-17-20-11-5-2-6-12-20)25(33-18-21-13-7-3-8-14-21)26(35-28)27(30)34-19-22-15-9-4-10-16-22/h2-16,23-26,28-29H,17-19H2,1H3/t23-,24-,25+,26+,28+/m1/s1. The molecule has 0 unspecified atom stereocenters. The molecule has 0 spiro atoms. The lowest BCUT2D eigenvalue weighted by atomic mass is 9.98. The average Bonchev–Trinajstić information content (AvgIpc) is 2.91. The molecule has 3 aromatic carbocycles. The van der Waals surface area contributed by atoms with E-state index in [1.807, 2.05) is 91.0 Å². The van der Waals surface area contributed by atoms with Gasteiger partial charge in [-0.15, -0.1) is 0 Å². The van der Waals surface area contributed by atoms with Crippen LogP contribution in [0.1, 0.15) is 16.7 Å². The molecule has 1 fully saturated rings. The number of carbonyl (C=O) groups is 1. The minimum Gasteiger partial charge on any atom is -0.459 e. The van der Waals surface area contributed by atoms with Gasteiger partial charge in [-0.3, -0.25) is 0 Å². The minimum atomic E-state index is -1.18. The van der Waals surface area contributed by atoms with Gasteiger partial charge in [0.25, 0.3) is 0 Å². The fourth-order valence-corrected chi connectivity index (χ4v) is 3.93. The van der Waals surface area contributed by atoms with Crippen LogP contribution in [0.2, 0.25) is 0 Å². The van der Waals surface area contributed by atoms with Crippen molar-refractivity contribution < 1.29 is 33.6 Å². The van der Waals surface area contributed by atoms with Crippen LogP contribution in [0.4, 0.5) is 0 Å². The summed E-state index contributed by atoms with van der Waals surface area (Å²) in [6.07, 6.45) is -5.24. The molecule has 0 radical (unpaired) electrons. The molecule has 0 saturated carbocycles. The van der Waals surface area contributed by atoms with Crippen LogP contribution in [0.5, 0.6) is 0 Å². The van der Waals surface area contributed by atoms with Gasteiger partial charge in [-0.2, -0.15) is 0 Å². The SMILES string of the molecule is CO[C@H]1O[C@H](C(=O)OCc2ccccc2)[C@@H](OCc2ccccc2)[C@H](OCc2ccccc2)[C@H]1O. The molecular weight excluding hydrogens is 448 g/mol. The van der Waals surface area contributed by atoms with Crippen molar-refractivity contribution >= 4 is 5.97 Å². The van der Waals surface area contributed by atoms with E-state index in [0.717, 1.165) is 16.7 Å². The number of methoxy groups -OCH3 is 1. The molecular formula is C28H30O7. The van der Waals surface area contributed by atoms with Crippen molar-refractivity contribution in [2.75, 3.05) is 7.11 Å². The molecule has 1 saturated heterocycles. The van der Waals surface area contributed by atoms with Crippen LogP contribution >= 0.6 is 0 Å². The third-order valence-electron chi connectivity index (χ3n) is 5.78. The topological polar surface area (TPSA) is 83.5 Å². The number of aliphatic hydroxyl groups excluding tert-OH is 1. The van der Waals surface area contributed by atoms with E-state index < -0.39 is 36.7 Å². The highest BCUT2D eigenvalue weighted by Gasteiger charge is 2.50. The summed E-state index contributed by atoms with van der Waals surface area (Å²) >= 11 is 0. The van der Waals surface area contributed by atoms with Gasteiger partial charge in [0, 0.05) is 7.11 Å². The number of benzene rings is 3. The van der Waals surface area contributed by atoms with Gasteiger partial charge in [0.05, 0.1) is 13.2 Å². The molecule has 1 N–H and O–H groups in total. The number of rotatable bonds is 10. The lowest BCUT2D eigenvalue weighted by Crippen LogP contribution is -2.62. The molecule has 1 heterocycles. The first-order chi connectivity index (χ1) is 17.2. The van der Waals surface area contributed by atoms with E-state index >= 15 is 0 Å². The average molecular weight is 479 g/mol. The summed E-state index contributed by atoms with van der Waals surface area (Å²) in [5, 5.41) is 11.0. The van der Waals surface area contributed by atoms with E-state index in [2.05, 4.69) is 0 Å². The number of carbonyl (C=O) groups excluding carboxylic acids is 1. The van der Waals surface area contributed by atoms with E-state index in [1.165, 1.54) is 7.11 Å². The Morgan fingerprint density at radius 3 is 1.69 bits per heavy atom. The lowest BCUT2D eigenvalue weighted by Gasteiger charge is -2.42. The smallest absolute Gasteiger partial charge is 0.338 e. The van der Waals surface area contributed by atoms with Gasteiger partial charge in [-0.05, 0) is 16.7 Å². The predicted molar refractivity (Wildman–Crippen MR) is 128 cm³/mol. The maximum absolute atomic E-state index is 13.2. The number of aliphatic hydroxyl groups is 1. The second kappa shape index (κ2) is 12.6. The largest absolute Gasteiger partial charge is 0.459 e. The van der Waals surface area contributed by atoms with Gasteiger partial charge in [0.1, 0.15) is 24.9 Å². The second-order valence-corrected chi connectivity index (χ2v) is 8.27.